The first kappa shape index (κ1) is 15.2. The minimum atomic E-state index is -0.260. The lowest BCUT2D eigenvalue weighted by atomic mass is 10.1. The largest absolute Gasteiger partial charge is 0.462 e. The molecule has 0 bridgehead atoms. The van der Waals surface area contributed by atoms with Crippen LogP contribution in [0.3, 0.4) is 0 Å². The van der Waals surface area contributed by atoms with Crippen molar-refractivity contribution in [1.82, 2.24) is 4.98 Å². The molecular weight excluding hydrogens is 344 g/mol. The van der Waals surface area contributed by atoms with Crippen LogP contribution >= 0.6 is 15.9 Å². The minimum Gasteiger partial charge on any atom is -0.462 e. The highest BCUT2D eigenvalue weighted by atomic mass is 79.9. The topological polar surface area (TPSA) is 45.3 Å². The summed E-state index contributed by atoms with van der Waals surface area (Å²) >= 11 is 3.44. The molecule has 116 valence electrons. The minimum absolute atomic E-state index is 0.260. The van der Waals surface area contributed by atoms with Crippen LogP contribution in [0.25, 0.3) is 11.3 Å². The maximum absolute atomic E-state index is 12.2. The molecule has 0 amide bonds. The number of esters is 1. The molecule has 1 saturated heterocycles. The molecule has 1 aliphatic rings. The molecule has 1 aromatic heterocycles. The van der Waals surface area contributed by atoms with E-state index in [1.807, 2.05) is 37.3 Å². The van der Waals surface area contributed by atoms with Crippen molar-refractivity contribution in [1.29, 1.82) is 0 Å². The molecule has 2 heterocycles. The van der Waals surface area contributed by atoms with E-state index in [2.05, 4.69) is 25.8 Å². The van der Waals surface area contributed by atoms with Gasteiger partial charge in [-0.1, -0.05) is 28.1 Å². The number of ether oxygens (including phenoxy) is 1. The number of hydrogen-bond acceptors (Lipinski definition) is 3. The molecule has 22 heavy (non-hydrogen) atoms. The predicted molar refractivity (Wildman–Crippen MR) is 91.3 cm³/mol. The second-order valence-corrected chi connectivity index (χ2v) is 6.28. The highest BCUT2D eigenvalue weighted by Gasteiger charge is 2.23. The average Bonchev–Trinajstić information content (AvgIpc) is 3.17. The molecule has 1 aliphatic heterocycles. The first-order valence-electron chi connectivity index (χ1n) is 7.60. The van der Waals surface area contributed by atoms with Crippen molar-refractivity contribution in [2.24, 2.45) is 0 Å². The SMILES string of the molecule is CCOC(=O)c1cc(-c2ccc(Br)cc2)[nH]c1N1CCCC1. The number of H-pyrrole nitrogens is 1. The lowest BCUT2D eigenvalue weighted by molar-refractivity contribution is 0.0527. The number of nitrogens with one attached hydrogen (secondary N) is 1. The maximum atomic E-state index is 12.2. The fraction of sp³-hybridized carbons (Fsp3) is 0.353. The van der Waals surface area contributed by atoms with Crippen LogP contribution in [-0.4, -0.2) is 30.6 Å². The Kier molecular flexibility index (Phi) is 4.52. The molecular formula is C17H19BrN2O2. The summed E-state index contributed by atoms with van der Waals surface area (Å²) in [5, 5.41) is 0. The van der Waals surface area contributed by atoms with E-state index in [1.165, 1.54) is 0 Å². The van der Waals surface area contributed by atoms with Gasteiger partial charge in [-0.25, -0.2) is 4.79 Å². The van der Waals surface area contributed by atoms with E-state index < -0.39 is 0 Å². The lowest BCUT2D eigenvalue weighted by Gasteiger charge is -2.17. The molecule has 1 fully saturated rings. The molecule has 4 nitrogen and oxygen atoms in total. The van der Waals surface area contributed by atoms with E-state index in [4.69, 9.17) is 4.74 Å². The Morgan fingerprint density at radius 3 is 2.59 bits per heavy atom. The molecule has 1 aromatic carbocycles. The Labute approximate surface area is 138 Å². The Morgan fingerprint density at radius 2 is 1.95 bits per heavy atom. The van der Waals surface area contributed by atoms with Crippen molar-refractivity contribution >= 4 is 27.7 Å². The standard InChI is InChI=1S/C17H19BrN2O2/c1-2-22-17(21)14-11-15(12-5-7-13(18)8-6-12)19-16(14)20-9-3-4-10-20/h5-8,11,19H,2-4,9-10H2,1H3. The van der Waals surface area contributed by atoms with Crippen LogP contribution in [0.1, 0.15) is 30.1 Å². The first-order chi connectivity index (χ1) is 10.7. The Balaban J connectivity index is 1.99. The van der Waals surface area contributed by atoms with E-state index in [0.29, 0.717) is 12.2 Å². The number of hydrogen-bond donors (Lipinski definition) is 1. The zero-order valence-corrected chi connectivity index (χ0v) is 14.1. The quantitative estimate of drug-likeness (QED) is 0.828. The summed E-state index contributed by atoms with van der Waals surface area (Å²) in [6.07, 6.45) is 2.32. The summed E-state index contributed by atoms with van der Waals surface area (Å²) in [6.45, 7) is 4.17. The second-order valence-electron chi connectivity index (χ2n) is 5.37. The summed E-state index contributed by atoms with van der Waals surface area (Å²) < 4.78 is 6.24. The van der Waals surface area contributed by atoms with Crippen molar-refractivity contribution in [3.05, 3.63) is 40.4 Å². The fourth-order valence-corrected chi connectivity index (χ4v) is 3.05. The van der Waals surface area contributed by atoms with Crippen LogP contribution in [0, 0.1) is 0 Å². The number of benzene rings is 1. The zero-order valence-electron chi connectivity index (χ0n) is 12.6. The molecule has 1 N–H and O–H groups in total. The molecule has 0 atom stereocenters. The number of aromatic amines is 1. The van der Waals surface area contributed by atoms with Crippen LogP contribution < -0.4 is 4.90 Å². The van der Waals surface area contributed by atoms with Crippen molar-refractivity contribution in [3.63, 3.8) is 0 Å². The number of carbonyl (C=O) groups excluding carboxylic acids is 1. The second kappa shape index (κ2) is 6.57. The summed E-state index contributed by atoms with van der Waals surface area (Å²) in [5.74, 6) is 0.623. The highest BCUT2D eigenvalue weighted by Crippen LogP contribution is 2.30. The van der Waals surface area contributed by atoms with Gasteiger partial charge in [0.1, 0.15) is 11.4 Å². The van der Waals surface area contributed by atoms with Gasteiger partial charge in [-0.05, 0) is 43.5 Å². The fourth-order valence-electron chi connectivity index (χ4n) is 2.78. The Bertz CT molecular complexity index is 658. The van der Waals surface area contributed by atoms with Gasteiger partial charge in [-0.3, -0.25) is 0 Å². The van der Waals surface area contributed by atoms with E-state index in [1.54, 1.807) is 0 Å². The average molecular weight is 363 g/mol. The third-order valence-electron chi connectivity index (χ3n) is 3.87. The molecule has 5 heteroatoms. The van der Waals surface area contributed by atoms with Gasteiger partial charge >= 0.3 is 5.97 Å². The van der Waals surface area contributed by atoms with Crippen LogP contribution in [0.5, 0.6) is 0 Å². The molecule has 0 saturated carbocycles. The van der Waals surface area contributed by atoms with Crippen LogP contribution in [0.2, 0.25) is 0 Å². The molecule has 0 unspecified atom stereocenters. The summed E-state index contributed by atoms with van der Waals surface area (Å²) in [6, 6.07) is 9.94. The Hall–Kier alpha value is -1.75. The number of halogens is 1. The van der Waals surface area contributed by atoms with E-state index in [9.17, 15) is 4.79 Å². The lowest BCUT2D eigenvalue weighted by Crippen LogP contribution is -2.21. The third kappa shape index (κ3) is 3.04. The van der Waals surface area contributed by atoms with Gasteiger partial charge < -0.3 is 14.6 Å². The smallest absolute Gasteiger partial charge is 0.341 e. The van der Waals surface area contributed by atoms with Crippen molar-refractivity contribution in [2.75, 3.05) is 24.6 Å². The molecule has 3 rings (SSSR count). The third-order valence-corrected chi connectivity index (χ3v) is 4.40. The van der Waals surface area contributed by atoms with E-state index >= 15 is 0 Å². The number of carbonyl (C=O) groups is 1. The predicted octanol–water partition coefficient (Wildman–Crippen LogP) is 4.22. The number of nitrogens with zero attached hydrogens (tertiary/aromatic N) is 1. The van der Waals surface area contributed by atoms with Crippen LogP contribution in [-0.2, 0) is 4.74 Å². The van der Waals surface area contributed by atoms with Crippen LogP contribution in [0.4, 0.5) is 5.82 Å². The van der Waals surface area contributed by atoms with Gasteiger partial charge in [0.25, 0.3) is 0 Å². The molecule has 2 aromatic rings. The molecule has 0 spiro atoms. The monoisotopic (exact) mass is 362 g/mol. The van der Waals surface area contributed by atoms with Crippen molar-refractivity contribution in [2.45, 2.75) is 19.8 Å². The van der Waals surface area contributed by atoms with Gasteiger partial charge in [0.05, 0.1) is 6.61 Å². The van der Waals surface area contributed by atoms with E-state index in [-0.39, 0.29) is 5.97 Å². The van der Waals surface area contributed by atoms with Gasteiger partial charge in [-0.2, -0.15) is 0 Å². The number of rotatable bonds is 4. The highest BCUT2D eigenvalue weighted by molar-refractivity contribution is 9.10. The zero-order chi connectivity index (χ0) is 15.5. The Morgan fingerprint density at radius 1 is 1.27 bits per heavy atom. The number of anilines is 1. The van der Waals surface area contributed by atoms with Gasteiger partial charge in [0.15, 0.2) is 0 Å². The maximum Gasteiger partial charge on any atom is 0.341 e. The summed E-state index contributed by atoms with van der Waals surface area (Å²) in [4.78, 5) is 17.9. The molecule has 0 radical (unpaired) electrons. The van der Waals surface area contributed by atoms with E-state index in [0.717, 1.165) is 47.5 Å². The first-order valence-corrected chi connectivity index (χ1v) is 8.39. The normalized spacial score (nSPS) is 14.4. The molecule has 0 aliphatic carbocycles. The number of aromatic nitrogens is 1. The van der Waals surface area contributed by atoms with Gasteiger partial charge in [-0.15, -0.1) is 0 Å². The van der Waals surface area contributed by atoms with Crippen molar-refractivity contribution in [3.8, 4) is 11.3 Å². The summed E-state index contributed by atoms with van der Waals surface area (Å²) in [7, 11) is 0. The van der Waals surface area contributed by atoms with Crippen molar-refractivity contribution < 1.29 is 9.53 Å². The van der Waals surface area contributed by atoms with Gasteiger partial charge in [0.2, 0.25) is 0 Å². The van der Waals surface area contributed by atoms with Gasteiger partial charge in [0, 0.05) is 23.3 Å². The summed E-state index contributed by atoms with van der Waals surface area (Å²) in [5.41, 5.74) is 2.62. The van der Waals surface area contributed by atoms with Crippen LogP contribution in [0.15, 0.2) is 34.8 Å².